The van der Waals surface area contributed by atoms with E-state index in [-0.39, 0.29) is 16.9 Å². The molecule has 21 heavy (non-hydrogen) atoms. The first kappa shape index (κ1) is 14.7. The van der Waals surface area contributed by atoms with Crippen LogP contribution in [0.1, 0.15) is 11.8 Å². The van der Waals surface area contributed by atoms with E-state index in [0.717, 1.165) is 26.0 Å². The highest BCUT2D eigenvalue weighted by Crippen LogP contribution is 2.35. The number of halogens is 3. The Hall–Kier alpha value is -1.24. The molecule has 0 atom stereocenters. The van der Waals surface area contributed by atoms with Crippen molar-refractivity contribution in [2.45, 2.75) is 13.3 Å². The number of thiophene rings is 1. The molecular weight excluding hydrogens is 379 g/mol. The number of rotatable bonds is 3. The molecule has 0 amide bonds. The molecule has 0 fully saturated rings. The summed E-state index contributed by atoms with van der Waals surface area (Å²) >= 11 is 10.7. The molecule has 0 N–H and O–H groups in total. The van der Waals surface area contributed by atoms with E-state index in [1.165, 1.54) is 17.4 Å². The van der Waals surface area contributed by atoms with Crippen LogP contribution < -0.4 is 4.74 Å². The van der Waals surface area contributed by atoms with Gasteiger partial charge in [-0.05, 0) is 42.3 Å². The zero-order chi connectivity index (χ0) is 15.0. The lowest BCUT2D eigenvalue weighted by Crippen LogP contribution is -1.93. The fraction of sp³-hybridized carbons (Fsp3) is 0.143. The number of nitrogens with zero attached hydrogens (tertiary/aromatic N) is 2. The van der Waals surface area contributed by atoms with Gasteiger partial charge in [-0.3, -0.25) is 0 Å². The Morgan fingerprint density at radius 1 is 1.33 bits per heavy atom. The molecule has 0 aliphatic carbocycles. The first-order chi connectivity index (χ1) is 10.1. The summed E-state index contributed by atoms with van der Waals surface area (Å²) in [5.74, 6) is -0.116. The third-order valence-electron chi connectivity index (χ3n) is 2.83. The van der Waals surface area contributed by atoms with Gasteiger partial charge in [-0.15, -0.1) is 11.3 Å². The van der Waals surface area contributed by atoms with E-state index < -0.39 is 5.82 Å². The highest BCUT2D eigenvalue weighted by atomic mass is 79.9. The lowest BCUT2D eigenvalue weighted by molar-refractivity contribution is 0.431. The maximum Gasteiger partial charge on any atom is 0.232 e. The minimum atomic E-state index is -0.466. The number of hydrogen-bond donors (Lipinski definition) is 0. The number of benzene rings is 1. The smallest absolute Gasteiger partial charge is 0.232 e. The molecule has 0 saturated heterocycles. The van der Waals surface area contributed by atoms with Gasteiger partial charge in [0, 0.05) is 9.35 Å². The van der Waals surface area contributed by atoms with Crippen LogP contribution in [0.5, 0.6) is 11.6 Å². The van der Waals surface area contributed by atoms with E-state index >= 15 is 0 Å². The second-order valence-electron chi connectivity index (χ2n) is 4.26. The largest absolute Gasteiger partial charge is 0.435 e. The zero-order valence-corrected chi connectivity index (χ0v) is 14.0. The van der Waals surface area contributed by atoms with E-state index in [0.29, 0.717) is 0 Å². The fourth-order valence-electron chi connectivity index (χ4n) is 1.83. The van der Waals surface area contributed by atoms with Gasteiger partial charge in [-0.25, -0.2) is 9.37 Å². The Bertz CT molecular complexity index is 824. The second kappa shape index (κ2) is 5.87. The van der Waals surface area contributed by atoms with Crippen molar-refractivity contribution in [3.05, 3.63) is 44.7 Å². The normalized spacial score (nSPS) is 11.0. The van der Waals surface area contributed by atoms with E-state index in [2.05, 4.69) is 25.9 Å². The van der Waals surface area contributed by atoms with Crippen LogP contribution >= 0.6 is 38.9 Å². The molecule has 0 aliphatic rings. The van der Waals surface area contributed by atoms with E-state index in [1.807, 2.05) is 13.0 Å². The number of aromatic nitrogens is 2. The van der Waals surface area contributed by atoms with Gasteiger partial charge in [-0.2, -0.15) is 4.98 Å². The minimum Gasteiger partial charge on any atom is -0.435 e. The first-order valence-electron chi connectivity index (χ1n) is 6.15. The van der Waals surface area contributed by atoms with E-state index in [4.69, 9.17) is 16.3 Å². The SMILES string of the molecule is CCc1cc2c(Oc3cc(Br)ccc3F)nc(Cl)nc2s1. The van der Waals surface area contributed by atoms with Crippen LogP contribution in [-0.2, 0) is 6.42 Å². The summed E-state index contributed by atoms with van der Waals surface area (Å²) < 4.78 is 20.1. The van der Waals surface area contributed by atoms with Crippen LogP contribution in [0, 0.1) is 5.82 Å². The summed E-state index contributed by atoms with van der Waals surface area (Å²) in [4.78, 5) is 10.1. The van der Waals surface area contributed by atoms with Gasteiger partial charge >= 0.3 is 0 Å². The number of fused-ring (bicyclic) bond motifs is 1. The van der Waals surface area contributed by atoms with Gasteiger partial charge in [0.2, 0.25) is 11.2 Å². The van der Waals surface area contributed by atoms with Crippen LogP contribution in [0.2, 0.25) is 5.28 Å². The summed E-state index contributed by atoms with van der Waals surface area (Å²) in [5, 5.41) is 0.818. The third kappa shape index (κ3) is 3.02. The van der Waals surface area contributed by atoms with Crippen molar-refractivity contribution in [3.63, 3.8) is 0 Å². The summed E-state index contributed by atoms with van der Waals surface area (Å²) in [6.07, 6.45) is 0.878. The summed E-state index contributed by atoms with van der Waals surface area (Å²) in [5.41, 5.74) is 0. The van der Waals surface area contributed by atoms with Gasteiger partial charge in [0.05, 0.1) is 5.39 Å². The lowest BCUT2D eigenvalue weighted by atomic mass is 10.3. The molecule has 2 aromatic heterocycles. The van der Waals surface area contributed by atoms with Gasteiger partial charge in [0.25, 0.3) is 0 Å². The van der Waals surface area contributed by atoms with Gasteiger partial charge < -0.3 is 4.74 Å². The van der Waals surface area contributed by atoms with Gasteiger partial charge in [0.15, 0.2) is 11.6 Å². The summed E-state index contributed by atoms with van der Waals surface area (Å²) in [6, 6.07) is 6.42. The number of ether oxygens (including phenoxy) is 1. The van der Waals surface area contributed by atoms with Crippen molar-refractivity contribution in [2.24, 2.45) is 0 Å². The monoisotopic (exact) mass is 386 g/mol. The fourth-order valence-corrected chi connectivity index (χ4v) is 3.34. The molecule has 2 heterocycles. The maximum atomic E-state index is 13.8. The van der Waals surface area contributed by atoms with Crippen molar-refractivity contribution < 1.29 is 9.13 Å². The first-order valence-corrected chi connectivity index (χ1v) is 8.14. The van der Waals surface area contributed by atoms with Crippen molar-refractivity contribution in [2.75, 3.05) is 0 Å². The molecule has 3 aromatic rings. The highest BCUT2D eigenvalue weighted by Gasteiger charge is 2.14. The van der Waals surface area contributed by atoms with Crippen molar-refractivity contribution in [1.29, 1.82) is 0 Å². The van der Waals surface area contributed by atoms with Gasteiger partial charge in [-0.1, -0.05) is 22.9 Å². The summed E-state index contributed by atoms with van der Waals surface area (Å²) in [6.45, 7) is 2.05. The van der Waals surface area contributed by atoms with Crippen LogP contribution in [0.25, 0.3) is 10.2 Å². The third-order valence-corrected chi connectivity index (χ3v) is 4.67. The van der Waals surface area contributed by atoms with E-state index in [9.17, 15) is 4.39 Å². The van der Waals surface area contributed by atoms with Crippen molar-refractivity contribution >= 4 is 49.1 Å². The summed E-state index contributed by atoms with van der Waals surface area (Å²) in [7, 11) is 0. The standard InChI is InChI=1S/C14H9BrClFN2OS/c1-2-8-6-9-12(18-14(16)19-13(9)21-8)20-11-5-7(15)3-4-10(11)17/h3-6H,2H2,1H3. The molecule has 0 saturated carbocycles. The Morgan fingerprint density at radius 2 is 2.14 bits per heavy atom. The molecule has 7 heteroatoms. The average molecular weight is 388 g/mol. The Kier molecular flexibility index (Phi) is 4.10. The van der Waals surface area contributed by atoms with Gasteiger partial charge in [0.1, 0.15) is 4.83 Å². The molecule has 3 rings (SSSR count). The number of aryl methyl sites for hydroxylation is 1. The molecule has 0 spiro atoms. The lowest BCUT2D eigenvalue weighted by Gasteiger charge is -2.07. The van der Waals surface area contributed by atoms with Crippen LogP contribution in [0.15, 0.2) is 28.7 Å². The molecule has 1 aromatic carbocycles. The Labute approximate surface area is 137 Å². The van der Waals surface area contributed by atoms with E-state index in [1.54, 1.807) is 12.1 Å². The predicted molar refractivity (Wildman–Crippen MR) is 86.0 cm³/mol. The zero-order valence-electron chi connectivity index (χ0n) is 10.9. The molecule has 0 aliphatic heterocycles. The van der Waals surface area contributed by atoms with Crippen LogP contribution in [0.4, 0.5) is 4.39 Å². The molecule has 0 unspecified atom stereocenters. The van der Waals surface area contributed by atoms with Crippen LogP contribution in [-0.4, -0.2) is 9.97 Å². The topological polar surface area (TPSA) is 35.0 Å². The Balaban J connectivity index is 2.11. The number of hydrogen-bond acceptors (Lipinski definition) is 4. The Morgan fingerprint density at radius 3 is 2.90 bits per heavy atom. The van der Waals surface area contributed by atoms with Crippen molar-refractivity contribution in [3.8, 4) is 11.6 Å². The second-order valence-corrected chi connectivity index (χ2v) is 6.63. The molecular formula is C14H9BrClFN2OS. The minimum absolute atomic E-state index is 0.0809. The predicted octanol–water partition coefficient (Wildman–Crippen LogP) is 5.60. The molecule has 0 bridgehead atoms. The molecule has 108 valence electrons. The van der Waals surface area contributed by atoms with Crippen LogP contribution in [0.3, 0.4) is 0 Å². The van der Waals surface area contributed by atoms with Crippen molar-refractivity contribution in [1.82, 2.24) is 9.97 Å². The quantitative estimate of drug-likeness (QED) is 0.549. The highest BCUT2D eigenvalue weighted by molar-refractivity contribution is 9.10. The molecule has 0 radical (unpaired) electrons. The molecule has 3 nitrogen and oxygen atoms in total. The maximum absolute atomic E-state index is 13.8. The average Bonchev–Trinajstić information content (AvgIpc) is 2.86.